The number of carbonyl (C=O) groups is 2. The molecule has 0 unspecified atom stereocenters. The van der Waals surface area contributed by atoms with Gasteiger partial charge < -0.3 is 16.0 Å². The van der Waals surface area contributed by atoms with Crippen molar-refractivity contribution in [3.63, 3.8) is 0 Å². The molecule has 3 aromatic heterocycles. The van der Waals surface area contributed by atoms with E-state index in [0.717, 1.165) is 36.9 Å². The topological polar surface area (TPSA) is 113 Å². The average Bonchev–Trinajstić information content (AvgIpc) is 3.20. The molecule has 0 atom stereocenters. The van der Waals surface area contributed by atoms with Gasteiger partial charge in [-0.3, -0.25) is 14.6 Å². The van der Waals surface area contributed by atoms with Crippen LogP contribution in [0.3, 0.4) is 0 Å². The van der Waals surface area contributed by atoms with E-state index in [2.05, 4.69) is 26.0 Å². The zero-order chi connectivity index (χ0) is 22.7. The van der Waals surface area contributed by atoms with E-state index in [1.807, 2.05) is 32.2 Å². The fourth-order valence-corrected chi connectivity index (χ4v) is 4.13. The normalized spacial score (nSPS) is 18.5. The number of nitrogens with zero attached hydrogens (tertiary/aromatic N) is 4. The molecule has 3 aromatic rings. The molecule has 9 nitrogen and oxygen atoms in total. The molecule has 3 N–H and O–H groups in total. The second-order valence-electron chi connectivity index (χ2n) is 8.59. The molecule has 1 aliphatic rings. The highest BCUT2D eigenvalue weighted by molar-refractivity contribution is 6.02. The van der Waals surface area contributed by atoms with Crippen LogP contribution >= 0.6 is 0 Å². The third kappa shape index (κ3) is 4.87. The van der Waals surface area contributed by atoms with Gasteiger partial charge in [0, 0.05) is 43.0 Å². The molecule has 0 saturated heterocycles. The lowest BCUT2D eigenvalue weighted by atomic mass is 9.91. The number of amides is 2. The minimum atomic E-state index is -0.167. The Labute approximate surface area is 187 Å². The van der Waals surface area contributed by atoms with E-state index in [-0.39, 0.29) is 29.9 Å². The number of aromatic nitrogens is 4. The average molecular weight is 436 g/mol. The lowest BCUT2D eigenvalue weighted by molar-refractivity contribution is -0.119. The van der Waals surface area contributed by atoms with Crippen LogP contribution in [0.25, 0.3) is 16.9 Å². The predicted octanol–water partition coefficient (Wildman–Crippen LogP) is 2.79. The van der Waals surface area contributed by atoms with Crippen molar-refractivity contribution in [3.05, 3.63) is 42.5 Å². The standard InChI is InChI=1S/C23H29N7O2/c1-14(2)26-21-19(23(32)28-18-6-4-17(5-7-18)27-15(3)31)12-25-30-13-20(29-22(21)30)16-8-10-24-11-9-16/h8-14,17-18,26H,4-7H2,1-3H3,(H,27,31)(H,28,32). The Balaban J connectivity index is 1.57. The Morgan fingerprint density at radius 2 is 1.72 bits per heavy atom. The first kappa shape index (κ1) is 21.7. The molecule has 0 radical (unpaired) electrons. The fraction of sp³-hybridized carbons (Fsp3) is 0.435. The Morgan fingerprint density at radius 3 is 2.34 bits per heavy atom. The number of fused-ring (bicyclic) bond motifs is 1. The number of hydrogen-bond donors (Lipinski definition) is 3. The van der Waals surface area contributed by atoms with Crippen molar-refractivity contribution in [1.82, 2.24) is 30.2 Å². The Hall–Kier alpha value is -3.49. The van der Waals surface area contributed by atoms with Gasteiger partial charge in [-0.25, -0.2) is 9.50 Å². The molecule has 1 aliphatic carbocycles. The molecular weight excluding hydrogens is 406 g/mol. The summed E-state index contributed by atoms with van der Waals surface area (Å²) in [6.07, 6.45) is 10.3. The minimum absolute atomic E-state index is 0.00732. The van der Waals surface area contributed by atoms with E-state index < -0.39 is 0 Å². The summed E-state index contributed by atoms with van der Waals surface area (Å²) in [5.74, 6) is -0.174. The van der Waals surface area contributed by atoms with Crippen LogP contribution in [-0.4, -0.2) is 49.5 Å². The largest absolute Gasteiger partial charge is 0.379 e. The van der Waals surface area contributed by atoms with Crippen molar-refractivity contribution in [2.24, 2.45) is 0 Å². The zero-order valence-corrected chi connectivity index (χ0v) is 18.6. The quantitative estimate of drug-likeness (QED) is 0.549. The first-order chi connectivity index (χ1) is 15.4. The first-order valence-corrected chi connectivity index (χ1v) is 11.0. The van der Waals surface area contributed by atoms with Crippen LogP contribution in [0.1, 0.15) is 56.8 Å². The Morgan fingerprint density at radius 1 is 1.06 bits per heavy atom. The van der Waals surface area contributed by atoms with Crippen molar-refractivity contribution >= 4 is 23.1 Å². The van der Waals surface area contributed by atoms with Crippen LogP contribution in [-0.2, 0) is 4.79 Å². The molecule has 0 aromatic carbocycles. The van der Waals surface area contributed by atoms with Gasteiger partial charge in [-0.2, -0.15) is 5.10 Å². The Bertz CT molecular complexity index is 1100. The zero-order valence-electron chi connectivity index (χ0n) is 18.6. The first-order valence-electron chi connectivity index (χ1n) is 11.0. The molecule has 4 rings (SSSR count). The Kier molecular flexibility index (Phi) is 6.34. The van der Waals surface area contributed by atoms with Gasteiger partial charge in [-0.15, -0.1) is 0 Å². The SMILES string of the molecule is CC(=O)NC1CCC(NC(=O)c2cnn3cc(-c4ccncc4)nc3c2NC(C)C)CC1. The molecule has 32 heavy (non-hydrogen) atoms. The molecule has 1 saturated carbocycles. The van der Waals surface area contributed by atoms with Gasteiger partial charge in [0.1, 0.15) is 0 Å². The summed E-state index contributed by atoms with van der Waals surface area (Å²) in [6, 6.07) is 4.16. The highest BCUT2D eigenvalue weighted by Gasteiger charge is 2.25. The molecule has 1 fully saturated rings. The van der Waals surface area contributed by atoms with Gasteiger partial charge in [0.15, 0.2) is 5.65 Å². The molecule has 0 spiro atoms. The van der Waals surface area contributed by atoms with Crippen molar-refractivity contribution in [2.75, 3.05) is 5.32 Å². The van der Waals surface area contributed by atoms with Gasteiger partial charge in [0.05, 0.1) is 29.3 Å². The molecule has 0 aliphatic heterocycles. The minimum Gasteiger partial charge on any atom is -0.379 e. The molecule has 9 heteroatoms. The highest BCUT2D eigenvalue weighted by Crippen LogP contribution is 2.26. The number of pyridine rings is 1. The molecule has 0 bridgehead atoms. The summed E-state index contributed by atoms with van der Waals surface area (Å²) in [4.78, 5) is 33.3. The maximum absolute atomic E-state index is 13.2. The maximum Gasteiger partial charge on any atom is 0.255 e. The summed E-state index contributed by atoms with van der Waals surface area (Å²) < 4.78 is 1.69. The van der Waals surface area contributed by atoms with E-state index in [1.165, 1.54) is 6.92 Å². The molecular formula is C23H29N7O2. The van der Waals surface area contributed by atoms with Gasteiger partial charge >= 0.3 is 0 Å². The lowest BCUT2D eigenvalue weighted by Crippen LogP contribution is -2.43. The lowest BCUT2D eigenvalue weighted by Gasteiger charge is -2.29. The van der Waals surface area contributed by atoms with E-state index in [0.29, 0.717) is 16.9 Å². The second-order valence-corrected chi connectivity index (χ2v) is 8.59. The summed E-state index contributed by atoms with van der Waals surface area (Å²) in [5, 5.41) is 13.9. The van der Waals surface area contributed by atoms with Crippen LogP contribution in [0.15, 0.2) is 36.9 Å². The van der Waals surface area contributed by atoms with Crippen molar-refractivity contribution in [2.45, 2.75) is 64.6 Å². The van der Waals surface area contributed by atoms with Crippen LogP contribution in [0, 0.1) is 0 Å². The van der Waals surface area contributed by atoms with Crippen LogP contribution in [0.4, 0.5) is 5.69 Å². The molecule has 3 heterocycles. The third-order valence-corrected chi connectivity index (χ3v) is 5.62. The fourth-order valence-electron chi connectivity index (χ4n) is 4.13. The van der Waals surface area contributed by atoms with E-state index in [1.54, 1.807) is 23.1 Å². The summed E-state index contributed by atoms with van der Waals surface area (Å²) in [5.41, 5.74) is 3.44. The van der Waals surface area contributed by atoms with Crippen molar-refractivity contribution in [1.29, 1.82) is 0 Å². The van der Waals surface area contributed by atoms with Crippen LogP contribution < -0.4 is 16.0 Å². The van der Waals surface area contributed by atoms with Gasteiger partial charge in [0.2, 0.25) is 5.91 Å². The number of carbonyl (C=O) groups excluding carboxylic acids is 2. The number of imidazole rings is 1. The number of nitrogens with one attached hydrogen (secondary N) is 3. The van der Waals surface area contributed by atoms with Crippen LogP contribution in [0.5, 0.6) is 0 Å². The third-order valence-electron chi connectivity index (χ3n) is 5.62. The van der Waals surface area contributed by atoms with Crippen molar-refractivity contribution < 1.29 is 9.59 Å². The van der Waals surface area contributed by atoms with Gasteiger partial charge in [-0.1, -0.05) is 0 Å². The number of anilines is 1. The van der Waals surface area contributed by atoms with E-state index in [4.69, 9.17) is 4.98 Å². The monoisotopic (exact) mass is 435 g/mol. The van der Waals surface area contributed by atoms with Gasteiger partial charge in [0.25, 0.3) is 5.91 Å². The highest BCUT2D eigenvalue weighted by atomic mass is 16.2. The maximum atomic E-state index is 13.2. The predicted molar refractivity (Wildman–Crippen MR) is 122 cm³/mol. The molecule has 2 amide bonds. The van der Waals surface area contributed by atoms with E-state index in [9.17, 15) is 9.59 Å². The summed E-state index contributed by atoms with van der Waals surface area (Å²) in [6.45, 7) is 5.58. The second kappa shape index (κ2) is 9.33. The number of rotatable bonds is 6. The van der Waals surface area contributed by atoms with Crippen LogP contribution in [0.2, 0.25) is 0 Å². The van der Waals surface area contributed by atoms with Gasteiger partial charge in [-0.05, 0) is 51.7 Å². The van der Waals surface area contributed by atoms with Crippen molar-refractivity contribution in [3.8, 4) is 11.3 Å². The smallest absolute Gasteiger partial charge is 0.255 e. The van der Waals surface area contributed by atoms with E-state index >= 15 is 0 Å². The summed E-state index contributed by atoms with van der Waals surface area (Å²) >= 11 is 0. The summed E-state index contributed by atoms with van der Waals surface area (Å²) in [7, 11) is 0. The molecule has 168 valence electrons. The number of hydrogen-bond acceptors (Lipinski definition) is 6.